The van der Waals surface area contributed by atoms with Crippen LogP contribution in [0.25, 0.3) is 5.57 Å². The molecule has 1 aromatic carbocycles. The van der Waals surface area contributed by atoms with Crippen LogP contribution in [0.4, 0.5) is 0 Å². The maximum atomic E-state index is 6.33. The highest BCUT2D eigenvalue weighted by molar-refractivity contribution is 6.68. The van der Waals surface area contributed by atoms with Crippen molar-refractivity contribution in [3.63, 3.8) is 0 Å². The molecule has 1 unspecified atom stereocenters. The van der Waals surface area contributed by atoms with Gasteiger partial charge < -0.3 is 10.4 Å². The zero-order valence-corrected chi connectivity index (χ0v) is 15.3. The van der Waals surface area contributed by atoms with E-state index in [0.29, 0.717) is 0 Å². The molecule has 1 atom stereocenters. The van der Waals surface area contributed by atoms with Crippen LogP contribution < -0.4 is 11.2 Å². The van der Waals surface area contributed by atoms with Crippen molar-refractivity contribution in [2.45, 2.75) is 52.1 Å². The molecule has 126 valence electrons. The van der Waals surface area contributed by atoms with Crippen molar-refractivity contribution in [3.05, 3.63) is 60.2 Å². The number of nitrogens with two attached hydrogens (primary N) is 1. The van der Waals surface area contributed by atoms with E-state index in [2.05, 4.69) is 70.2 Å². The van der Waals surface area contributed by atoms with Crippen molar-refractivity contribution in [1.29, 1.82) is 0 Å². The molecule has 1 aliphatic heterocycles. The van der Waals surface area contributed by atoms with Gasteiger partial charge in [-0.3, -0.25) is 0 Å². The molecule has 0 radical (unpaired) electrons. The van der Waals surface area contributed by atoms with Gasteiger partial charge in [0, 0.05) is 6.04 Å². The van der Waals surface area contributed by atoms with Gasteiger partial charge in [-0.25, -0.2) is 0 Å². The molecule has 0 spiro atoms. The second-order valence-electron chi connectivity index (χ2n) is 8.13. The first-order valence-corrected chi connectivity index (χ1v) is 8.87. The summed E-state index contributed by atoms with van der Waals surface area (Å²) < 4.78 is 6.33. The molecule has 2 aliphatic rings. The Morgan fingerprint density at radius 1 is 1.08 bits per heavy atom. The van der Waals surface area contributed by atoms with Crippen LogP contribution in [0.15, 0.2) is 54.6 Å². The van der Waals surface area contributed by atoms with Crippen LogP contribution in [0.1, 0.15) is 39.7 Å². The minimum absolute atomic E-state index is 0.0936. The van der Waals surface area contributed by atoms with Crippen LogP contribution in [0, 0.1) is 5.41 Å². The van der Waals surface area contributed by atoms with Gasteiger partial charge in [0.2, 0.25) is 0 Å². The third kappa shape index (κ3) is 3.43. The first-order valence-electron chi connectivity index (χ1n) is 8.87. The molecule has 2 N–H and O–H groups in total. The van der Waals surface area contributed by atoms with Gasteiger partial charge in [-0.2, -0.15) is 0 Å². The SMILES string of the molecule is CC1(C)CB(c2ccc(C3=C/CC(N)/C=C/C=C\3)cc2)OC1(C)C. The van der Waals surface area contributed by atoms with Crippen molar-refractivity contribution in [2.24, 2.45) is 11.1 Å². The van der Waals surface area contributed by atoms with Crippen LogP contribution in [-0.4, -0.2) is 18.6 Å². The molecule has 0 saturated carbocycles. The summed E-state index contributed by atoms with van der Waals surface area (Å²) in [5, 5.41) is 0. The van der Waals surface area contributed by atoms with Gasteiger partial charge in [0.05, 0.1) is 5.60 Å². The lowest BCUT2D eigenvalue weighted by molar-refractivity contribution is 0.0375. The average molecular weight is 321 g/mol. The molecule has 1 fully saturated rings. The Bertz CT molecular complexity index is 666. The maximum absolute atomic E-state index is 6.33. The quantitative estimate of drug-likeness (QED) is 0.837. The molecular weight excluding hydrogens is 293 g/mol. The molecule has 0 aromatic heterocycles. The molecule has 1 aromatic rings. The van der Waals surface area contributed by atoms with Gasteiger partial charge in [0.15, 0.2) is 0 Å². The molecular formula is C21H28BNO. The van der Waals surface area contributed by atoms with Crippen molar-refractivity contribution < 1.29 is 4.65 Å². The van der Waals surface area contributed by atoms with Gasteiger partial charge in [-0.1, -0.05) is 68.5 Å². The molecule has 2 nitrogen and oxygen atoms in total. The third-order valence-corrected chi connectivity index (χ3v) is 5.73. The van der Waals surface area contributed by atoms with Gasteiger partial charge in [-0.05, 0) is 48.6 Å². The summed E-state index contributed by atoms with van der Waals surface area (Å²) in [6.45, 7) is 9.16. The lowest BCUT2D eigenvalue weighted by atomic mass is 9.54. The molecule has 3 rings (SSSR count). The summed E-state index contributed by atoms with van der Waals surface area (Å²) in [6, 6.07) is 8.91. The van der Waals surface area contributed by atoms with Crippen LogP contribution in [0.3, 0.4) is 0 Å². The molecule has 1 heterocycles. The van der Waals surface area contributed by atoms with Gasteiger partial charge in [0.1, 0.15) is 0 Å². The number of rotatable bonds is 2. The monoisotopic (exact) mass is 321 g/mol. The predicted molar refractivity (Wildman–Crippen MR) is 104 cm³/mol. The van der Waals surface area contributed by atoms with Gasteiger partial charge in [-0.15, -0.1) is 0 Å². The van der Waals surface area contributed by atoms with E-state index in [1.54, 1.807) is 0 Å². The number of allylic oxidation sites excluding steroid dienone is 4. The maximum Gasteiger partial charge on any atom is 0.327 e. The van der Waals surface area contributed by atoms with E-state index in [4.69, 9.17) is 10.4 Å². The molecule has 0 bridgehead atoms. The number of hydrogen-bond donors (Lipinski definition) is 1. The minimum Gasteiger partial charge on any atom is -0.426 e. The Labute approximate surface area is 146 Å². The highest BCUT2D eigenvalue weighted by Crippen LogP contribution is 2.45. The lowest BCUT2D eigenvalue weighted by Crippen LogP contribution is -2.36. The Morgan fingerprint density at radius 2 is 1.79 bits per heavy atom. The Hall–Kier alpha value is -1.58. The lowest BCUT2D eigenvalue weighted by Gasteiger charge is -2.34. The van der Waals surface area contributed by atoms with Crippen molar-refractivity contribution in [2.75, 3.05) is 0 Å². The minimum atomic E-state index is -0.0936. The predicted octanol–water partition coefficient (Wildman–Crippen LogP) is 3.95. The highest BCUT2D eigenvalue weighted by atomic mass is 16.5. The van der Waals surface area contributed by atoms with Crippen LogP contribution in [-0.2, 0) is 4.65 Å². The van der Waals surface area contributed by atoms with E-state index < -0.39 is 0 Å². The number of benzene rings is 1. The fraction of sp³-hybridized carbons (Fsp3) is 0.429. The van der Waals surface area contributed by atoms with Crippen LogP contribution >= 0.6 is 0 Å². The van der Waals surface area contributed by atoms with Crippen LogP contribution in [0.2, 0.25) is 6.32 Å². The summed E-state index contributed by atoms with van der Waals surface area (Å²) in [4.78, 5) is 0. The fourth-order valence-corrected chi connectivity index (χ4v) is 3.33. The Kier molecular flexibility index (Phi) is 4.59. The average Bonchev–Trinajstić information content (AvgIpc) is 2.72. The van der Waals surface area contributed by atoms with Crippen LogP contribution in [0.5, 0.6) is 0 Å². The molecule has 0 amide bonds. The normalized spacial score (nSPS) is 30.1. The molecule has 1 saturated heterocycles. The summed E-state index contributed by atoms with van der Waals surface area (Å²) in [5.41, 5.74) is 9.84. The van der Waals surface area contributed by atoms with Gasteiger partial charge >= 0.3 is 6.92 Å². The van der Waals surface area contributed by atoms with Crippen molar-refractivity contribution >= 4 is 18.0 Å². The Morgan fingerprint density at radius 3 is 2.42 bits per heavy atom. The molecule has 24 heavy (non-hydrogen) atoms. The second kappa shape index (κ2) is 6.38. The zero-order chi connectivity index (χ0) is 17.4. The van der Waals surface area contributed by atoms with E-state index in [1.165, 1.54) is 16.6 Å². The first-order chi connectivity index (χ1) is 11.3. The van der Waals surface area contributed by atoms with E-state index in [0.717, 1.165) is 12.7 Å². The van der Waals surface area contributed by atoms with Gasteiger partial charge in [0.25, 0.3) is 0 Å². The first kappa shape index (κ1) is 17.3. The van der Waals surface area contributed by atoms with Crippen molar-refractivity contribution in [3.8, 4) is 0 Å². The highest BCUT2D eigenvalue weighted by Gasteiger charge is 2.49. The fourth-order valence-electron chi connectivity index (χ4n) is 3.33. The smallest absolute Gasteiger partial charge is 0.327 e. The largest absolute Gasteiger partial charge is 0.426 e. The zero-order valence-electron chi connectivity index (χ0n) is 15.3. The summed E-state index contributed by atoms with van der Waals surface area (Å²) >= 11 is 0. The van der Waals surface area contributed by atoms with E-state index >= 15 is 0 Å². The molecule has 1 aliphatic carbocycles. The summed E-state index contributed by atoms with van der Waals surface area (Å²) in [5.74, 6) is 0. The standard InChI is InChI=1S/C21H28BNO/c1-20(2)15-22(24-21(20,3)4)18-12-9-17(10-13-18)16-7-5-6-8-19(23)14-11-16/h5-13,19H,14-15,23H2,1-4H3/b7-5-,8-6+,16-11+. The van der Waals surface area contributed by atoms with E-state index in [9.17, 15) is 0 Å². The van der Waals surface area contributed by atoms with E-state index in [-0.39, 0.29) is 24.0 Å². The van der Waals surface area contributed by atoms with E-state index in [1.807, 2.05) is 12.2 Å². The topological polar surface area (TPSA) is 35.2 Å². The number of hydrogen-bond acceptors (Lipinski definition) is 2. The molecule has 3 heteroatoms. The summed E-state index contributed by atoms with van der Waals surface area (Å²) in [6.07, 6.45) is 12.4. The third-order valence-electron chi connectivity index (χ3n) is 5.73. The van der Waals surface area contributed by atoms with Crippen molar-refractivity contribution in [1.82, 2.24) is 0 Å². The summed E-state index contributed by atoms with van der Waals surface area (Å²) in [7, 11) is 0. The Balaban J connectivity index is 1.79. The second-order valence-corrected chi connectivity index (χ2v) is 8.13.